The zero-order valence-corrected chi connectivity index (χ0v) is 17.8. The minimum atomic E-state index is -3.75. The fraction of sp³-hybridized carbons (Fsp3) is 0.300. The van der Waals surface area contributed by atoms with Crippen LogP contribution in [-0.4, -0.2) is 57.5 Å². The number of hydrogen-bond acceptors (Lipinski definition) is 6. The summed E-state index contributed by atoms with van der Waals surface area (Å²) in [5, 5.41) is 3.11. The molecule has 1 amide bonds. The number of aryl methyl sites for hydroxylation is 1. The predicted molar refractivity (Wildman–Crippen MR) is 111 cm³/mol. The van der Waals surface area contributed by atoms with Crippen LogP contribution < -0.4 is 5.32 Å². The number of benzene rings is 2. The average Bonchev–Trinajstić information content (AvgIpc) is 2.74. The Hall–Kier alpha value is -2.46. The number of carbonyl (C=O) groups excluding carboxylic acids is 2. The summed E-state index contributed by atoms with van der Waals surface area (Å²) < 4.78 is 37.2. The summed E-state index contributed by atoms with van der Waals surface area (Å²) in [5.74, 6) is -1.31. The maximum Gasteiger partial charge on any atom is 0.338 e. The van der Waals surface area contributed by atoms with Crippen molar-refractivity contribution in [2.75, 3.05) is 38.2 Å². The summed E-state index contributed by atoms with van der Waals surface area (Å²) in [5.41, 5.74) is 1.14. The number of ether oxygens (including phenoxy) is 2. The Bertz CT molecular complexity index is 1030. The van der Waals surface area contributed by atoms with Gasteiger partial charge in [-0.2, -0.15) is 4.31 Å². The van der Waals surface area contributed by atoms with Crippen molar-refractivity contribution in [1.29, 1.82) is 0 Å². The SMILES string of the molecule is Cc1ccc(S(=O)(=O)N2CCOCC2)cc1C(=O)OCC(=O)Nc1ccc(Cl)cc1. The fourth-order valence-electron chi connectivity index (χ4n) is 2.86. The largest absolute Gasteiger partial charge is 0.452 e. The Morgan fingerprint density at radius 1 is 1.13 bits per heavy atom. The van der Waals surface area contributed by atoms with Gasteiger partial charge in [-0.05, 0) is 48.9 Å². The number of anilines is 1. The second kappa shape index (κ2) is 9.57. The highest BCUT2D eigenvalue weighted by Gasteiger charge is 2.27. The zero-order valence-electron chi connectivity index (χ0n) is 16.3. The van der Waals surface area contributed by atoms with E-state index in [1.54, 1.807) is 31.2 Å². The van der Waals surface area contributed by atoms with E-state index in [2.05, 4.69) is 5.32 Å². The molecule has 0 unspecified atom stereocenters. The maximum atomic E-state index is 12.8. The first-order valence-corrected chi connectivity index (χ1v) is 11.0. The predicted octanol–water partition coefficient (Wildman–Crippen LogP) is 2.46. The van der Waals surface area contributed by atoms with Gasteiger partial charge in [0.15, 0.2) is 6.61 Å². The van der Waals surface area contributed by atoms with Crippen LogP contribution in [0.4, 0.5) is 5.69 Å². The molecule has 8 nitrogen and oxygen atoms in total. The van der Waals surface area contributed by atoms with Crippen molar-refractivity contribution in [3.8, 4) is 0 Å². The van der Waals surface area contributed by atoms with E-state index >= 15 is 0 Å². The molecule has 160 valence electrons. The molecule has 1 N–H and O–H groups in total. The third-order valence-electron chi connectivity index (χ3n) is 4.50. The number of carbonyl (C=O) groups is 2. The van der Waals surface area contributed by atoms with Crippen LogP contribution >= 0.6 is 11.6 Å². The summed E-state index contributed by atoms with van der Waals surface area (Å²) in [4.78, 5) is 24.5. The number of rotatable bonds is 6. The van der Waals surface area contributed by atoms with E-state index in [0.717, 1.165) is 0 Å². The number of sulfonamides is 1. The molecular formula is C20H21ClN2O6S. The van der Waals surface area contributed by atoms with Crippen LogP contribution in [0.25, 0.3) is 0 Å². The van der Waals surface area contributed by atoms with Crippen LogP contribution in [0, 0.1) is 6.92 Å². The molecule has 0 saturated carbocycles. The molecule has 30 heavy (non-hydrogen) atoms. The van der Waals surface area contributed by atoms with Gasteiger partial charge in [-0.1, -0.05) is 17.7 Å². The van der Waals surface area contributed by atoms with Crippen molar-refractivity contribution >= 4 is 39.2 Å². The first kappa shape index (κ1) is 22.2. The highest BCUT2D eigenvalue weighted by atomic mass is 35.5. The van der Waals surface area contributed by atoms with Gasteiger partial charge < -0.3 is 14.8 Å². The molecular weight excluding hydrogens is 432 g/mol. The van der Waals surface area contributed by atoms with Gasteiger partial charge in [0, 0.05) is 23.8 Å². The molecule has 0 radical (unpaired) electrons. The molecule has 0 aliphatic carbocycles. The van der Waals surface area contributed by atoms with Gasteiger partial charge in [0.25, 0.3) is 5.91 Å². The van der Waals surface area contributed by atoms with Gasteiger partial charge >= 0.3 is 5.97 Å². The summed E-state index contributed by atoms with van der Waals surface area (Å²) in [6.07, 6.45) is 0. The van der Waals surface area contributed by atoms with Gasteiger partial charge in [0.1, 0.15) is 0 Å². The third kappa shape index (κ3) is 5.37. The van der Waals surface area contributed by atoms with Crippen molar-refractivity contribution in [2.45, 2.75) is 11.8 Å². The van der Waals surface area contributed by atoms with E-state index in [9.17, 15) is 18.0 Å². The molecule has 2 aromatic carbocycles. The molecule has 1 saturated heterocycles. The maximum absolute atomic E-state index is 12.8. The first-order valence-electron chi connectivity index (χ1n) is 9.18. The van der Waals surface area contributed by atoms with E-state index in [1.165, 1.54) is 22.5 Å². The Morgan fingerprint density at radius 2 is 1.80 bits per heavy atom. The average molecular weight is 453 g/mol. The second-order valence-electron chi connectivity index (χ2n) is 6.62. The van der Waals surface area contributed by atoms with Crippen molar-refractivity contribution < 1.29 is 27.5 Å². The molecule has 0 aromatic heterocycles. The van der Waals surface area contributed by atoms with Crippen LogP contribution in [0.3, 0.4) is 0 Å². The molecule has 0 spiro atoms. The van der Waals surface area contributed by atoms with Crippen molar-refractivity contribution in [3.63, 3.8) is 0 Å². The quantitative estimate of drug-likeness (QED) is 0.675. The van der Waals surface area contributed by atoms with Gasteiger partial charge in [-0.3, -0.25) is 4.79 Å². The number of hydrogen-bond donors (Lipinski definition) is 1. The smallest absolute Gasteiger partial charge is 0.338 e. The number of nitrogens with one attached hydrogen (secondary N) is 1. The number of esters is 1. The van der Waals surface area contributed by atoms with E-state index in [4.69, 9.17) is 21.1 Å². The number of nitrogens with zero attached hydrogens (tertiary/aromatic N) is 1. The van der Waals surface area contributed by atoms with Crippen LogP contribution in [0.2, 0.25) is 5.02 Å². The minimum absolute atomic E-state index is 0.00688. The summed E-state index contributed by atoms with van der Waals surface area (Å²) in [6, 6.07) is 10.7. The van der Waals surface area contributed by atoms with Crippen LogP contribution in [0.5, 0.6) is 0 Å². The van der Waals surface area contributed by atoms with Crippen molar-refractivity contribution in [3.05, 3.63) is 58.6 Å². The van der Waals surface area contributed by atoms with Gasteiger partial charge in [-0.15, -0.1) is 0 Å². The molecule has 1 heterocycles. The lowest BCUT2D eigenvalue weighted by atomic mass is 10.1. The van der Waals surface area contributed by atoms with Gasteiger partial charge in [-0.25, -0.2) is 13.2 Å². The summed E-state index contributed by atoms with van der Waals surface area (Å²) in [7, 11) is -3.75. The monoisotopic (exact) mass is 452 g/mol. The van der Waals surface area contributed by atoms with Crippen molar-refractivity contribution in [1.82, 2.24) is 4.31 Å². The molecule has 2 aromatic rings. The van der Waals surface area contributed by atoms with Crippen LogP contribution in [0.1, 0.15) is 15.9 Å². The van der Waals surface area contributed by atoms with E-state index in [0.29, 0.717) is 29.5 Å². The summed E-state index contributed by atoms with van der Waals surface area (Å²) in [6.45, 7) is 2.30. The zero-order chi connectivity index (χ0) is 21.7. The highest BCUT2D eigenvalue weighted by molar-refractivity contribution is 7.89. The molecule has 10 heteroatoms. The molecule has 3 rings (SSSR count). The lowest BCUT2D eigenvalue weighted by molar-refractivity contribution is -0.119. The van der Waals surface area contributed by atoms with E-state index < -0.39 is 28.5 Å². The van der Waals surface area contributed by atoms with Gasteiger partial charge in [0.05, 0.1) is 23.7 Å². The number of amides is 1. The van der Waals surface area contributed by atoms with E-state index in [1.807, 2.05) is 0 Å². The Morgan fingerprint density at radius 3 is 2.47 bits per heavy atom. The second-order valence-corrected chi connectivity index (χ2v) is 9.00. The lowest BCUT2D eigenvalue weighted by Crippen LogP contribution is -2.40. The van der Waals surface area contributed by atoms with Crippen LogP contribution in [0.15, 0.2) is 47.4 Å². The Labute approximate surface area is 179 Å². The van der Waals surface area contributed by atoms with E-state index in [-0.39, 0.29) is 23.5 Å². The van der Waals surface area contributed by atoms with Crippen molar-refractivity contribution in [2.24, 2.45) is 0 Å². The van der Waals surface area contributed by atoms with Gasteiger partial charge in [0.2, 0.25) is 10.0 Å². The molecule has 0 bridgehead atoms. The first-order chi connectivity index (χ1) is 14.3. The molecule has 0 atom stereocenters. The highest BCUT2D eigenvalue weighted by Crippen LogP contribution is 2.21. The Balaban J connectivity index is 1.67. The molecule has 1 aliphatic heterocycles. The number of halogens is 1. The summed E-state index contributed by atoms with van der Waals surface area (Å²) >= 11 is 5.79. The molecule has 1 fully saturated rings. The standard InChI is InChI=1S/C20H21ClN2O6S/c1-14-2-7-17(30(26,27)23-8-10-28-11-9-23)12-18(14)20(25)29-13-19(24)22-16-5-3-15(21)4-6-16/h2-7,12H,8-11,13H2,1H3,(H,22,24). The third-order valence-corrected chi connectivity index (χ3v) is 6.65. The lowest BCUT2D eigenvalue weighted by Gasteiger charge is -2.26. The topological polar surface area (TPSA) is 102 Å². The number of morpholine rings is 1. The minimum Gasteiger partial charge on any atom is -0.452 e. The fourth-order valence-corrected chi connectivity index (χ4v) is 4.42. The normalized spacial score (nSPS) is 14.9. The Kier molecular flexibility index (Phi) is 7.09. The van der Waals surface area contributed by atoms with Crippen LogP contribution in [-0.2, 0) is 24.3 Å². The molecule has 1 aliphatic rings.